The molecule has 0 aromatic heterocycles. The first-order valence-corrected chi connectivity index (χ1v) is 9.53. The van der Waals surface area contributed by atoms with Gasteiger partial charge in [0.15, 0.2) is 5.11 Å². The minimum absolute atomic E-state index is 0.401. The first-order valence-electron chi connectivity index (χ1n) is 8.33. The fourth-order valence-electron chi connectivity index (χ4n) is 3.24. The highest BCUT2D eigenvalue weighted by Gasteiger charge is 2.36. The van der Waals surface area contributed by atoms with Crippen molar-refractivity contribution in [1.29, 1.82) is 5.26 Å². The smallest absolute Gasteiger partial charge is 0.173 e. The van der Waals surface area contributed by atoms with Crippen molar-refractivity contribution in [3.63, 3.8) is 0 Å². The number of hydrogen-bond acceptors (Lipinski definition) is 2. The Morgan fingerprint density at radius 3 is 2.48 bits per heavy atom. The monoisotopic (exact) mass is 413 g/mol. The molecule has 3 rings (SSSR count). The summed E-state index contributed by atoms with van der Waals surface area (Å²) in [7, 11) is 0. The minimum atomic E-state index is -0.401. The molecule has 1 aliphatic rings. The minimum Gasteiger partial charge on any atom is -0.349 e. The highest BCUT2D eigenvalue weighted by molar-refractivity contribution is 9.10. The number of nitriles is 1. The van der Waals surface area contributed by atoms with E-state index in [2.05, 4.69) is 57.3 Å². The number of aryl methyl sites for hydroxylation is 1. The molecule has 25 heavy (non-hydrogen) atoms. The molecule has 1 saturated heterocycles. The average molecular weight is 414 g/mol. The molecule has 0 bridgehead atoms. The van der Waals surface area contributed by atoms with Gasteiger partial charge in [-0.2, -0.15) is 5.26 Å². The Morgan fingerprint density at radius 1 is 1.20 bits per heavy atom. The fraction of sp³-hybridized carbons (Fsp3) is 0.300. The Labute approximate surface area is 162 Å². The van der Waals surface area contributed by atoms with Crippen LogP contribution in [0.2, 0.25) is 0 Å². The summed E-state index contributed by atoms with van der Waals surface area (Å²) in [6.45, 7) is 3.62. The van der Waals surface area contributed by atoms with Crippen molar-refractivity contribution < 1.29 is 0 Å². The molecule has 0 amide bonds. The number of nitrogens with one attached hydrogen (secondary N) is 1. The third-order valence-corrected chi connectivity index (χ3v) is 6.10. The van der Waals surface area contributed by atoms with Gasteiger partial charge in [-0.1, -0.05) is 46.3 Å². The molecule has 1 N–H and O–H groups in total. The first kappa shape index (κ1) is 17.9. The quantitative estimate of drug-likeness (QED) is 0.702. The number of benzene rings is 2. The van der Waals surface area contributed by atoms with Gasteiger partial charge >= 0.3 is 0 Å². The zero-order valence-electron chi connectivity index (χ0n) is 14.1. The summed E-state index contributed by atoms with van der Waals surface area (Å²) in [5.74, 6) is 0. The van der Waals surface area contributed by atoms with E-state index in [1.165, 1.54) is 5.56 Å². The van der Waals surface area contributed by atoms with Gasteiger partial charge in [-0.3, -0.25) is 0 Å². The molecule has 0 spiro atoms. The highest BCUT2D eigenvalue weighted by atomic mass is 79.9. The molecule has 0 unspecified atom stereocenters. The summed E-state index contributed by atoms with van der Waals surface area (Å²) in [4.78, 5) is 2.16. The summed E-state index contributed by atoms with van der Waals surface area (Å²) in [5, 5.41) is 13.8. The van der Waals surface area contributed by atoms with Crippen molar-refractivity contribution in [1.82, 2.24) is 4.90 Å². The molecular weight excluding hydrogens is 394 g/mol. The van der Waals surface area contributed by atoms with E-state index in [4.69, 9.17) is 12.2 Å². The Bertz CT molecular complexity index is 805. The van der Waals surface area contributed by atoms with Crippen molar-refractivity contribution >= 4 is 38.9 Å². The number of nitrogens with zero attached hydrogens (tertiary/aromatic N) is 2. The van der Waals surface area contributed by atoms with Gasteiger partial charge in [0.1, 0.15) is 0 Å². The zero-order chi connectivity index (χ0) is 17.9. The van der Waals surface area contributed by atoms with Crippen LogP contribution in [0.3, 0.4) is 0 Å². The van der Waals surface area contributed by atoms with Gasteiger partial charge in [0.25, 0.3) is 0 Å². The van der Waals surface area contributed by atoms with E-state index in [9.17, 15) is 5.26 Å². The molecular formula is C20H20BrN3S. The molecule has 128 valence electrons. The lowest BCUT2D eigenvalue weighted by Gasteiger charge is -2.38. The Kier molecular flexibility index (Phi) is 5.41. The van der Waals surface area contributed by atoms with Crippen LogP contribution in [0, 0.1) is 18.3 Å². The number of anilines is 1. The number of hydrogen-bond donors (Lipinski definition) is 1. The fourth-order valence-corrected chi connectivity index (χ4v) is 3.79. The maximum Gasteiger partial charge on any atom is 0.173 e. The normalized spacial score (nSPS) is 16.1. The lowest BCUT2D eigenvalue weighted by atomic mass is 9.74. The number of likely N-dealkylation sites (tertiary alicyclic amines) is 1. The number of thiocarbonyl (C=S) groups is 1. The van der Waals surface area contributed by atoms with Crippen LogP contribution < -0.4 is 5.32 Å². The van der Waals surface area contributed by atoms with Gasteiger partial charge in [0.05, 0.1) is 11.5 Å². The lowest BCUT2D eigenvalue weighted by Crippen LogP contribution is -2.46. The van der Waals surface area contributed by atoms with E-state index < -0.39 is 5.41 Å². The molecule has 0 aliphatic carbocycles. The molecule has 1 fully saturated rings. The van der Waals surface area contributed by atoms with Crippen molar-refractivity contribution in [2.75, 3.05) is 18.4 Å². The molecule has 0 radical (unpaired) electrons. The summed E-state index contributed by atoms with van der Waals surface area (Å²) in [6.07, 6.45) is 1.57. The van der Waals surface area contributed by atoms with Gasteiger partial charge < -0.3 is 10.2 Å². The predicted octanol–water partition coefficient (Wildman–Crippen LogP) is 5.01. The van der Waals surface area contributed by atoms with Crippen LogP contribution in [0.4, 0.5) is 5.69 Å². The third-order valence-electron chi connectivity index (χ3n) is 4.85. The molecule has 2 aromatic rings. The van der Waals surface area contributed by atoms with Gasteiger partial charge in [-0.15, -0.1) is 0 Å². The molecule has 0 atom stereocenters. The first-order chi connectivity index (χ1) is 12.0. The Morgan fingerprint density at radius 2 is 1.88 bits per heavy atom. The standard InChI is InChI=1S/C20H20BrN3S/c1-15-13-17(7-8-18(15)21)23-19(25)24-11-9-20(14-22,10-12-24)16-5-3-2-4-6-16/h2-8,13H,9-12H2,1H3,(H,23,25). The van der Waals surface area contributed by atoms with E-state index in [1.807, 2.05) is 30.3 Å². The van der Waals surface area contributed by atoms with E-state index in [1.54, 1.807) is 0 Å². The van der Waals surface area contributed by atoms with Crippen molar-refractivity contribution in [2.45, 2.75) is 25.2 Å². The SMILES string of the molecule is Cc1cc(NC(=S)N2CCC(C#N)(c3ccccc3)CC2)ccc1Br. The molecule has 3 nitrogen and oxygen atoms in total. The number of piperidine rings is 1. The maximum absolute atomic E-state index is 9.79. The Hall–Kier alpha value is -1.90. The highest BCUT2D eigenvalue weighted by Crippen LogP contribution is 2.35. The van der Waals surface area contributed by atoms with Crippen LogP contribution in [0.15, 0.2) is 53.0 Å². The van der Waals surface area contributed by atoms with Crippen LogP contribution in [0.25, 0.3) is 0 Å². The van der Waals surface area contributed by atoms with Gasteiger partial charge in [0.2, 0.25) is 0 Å². The lowest BCUT2D eigenvalue weighted by molar-refractivity contribution is 0.272. The maximum atomic E-state index is 9.79. The molecule has 1 aliphatic heterocycles. The second kappa shape index (κ2) is 7.55. The van der Waals surface area contributed by atoms with Crippen molar-refractivity contribution in [3.05, 3.63) is 64.1 Å². The third kappa shape index (κ3) is 3.86. The van der Waals surface area contributed by atoms with Gasteiger partial charge in [-0.25, -0.2) is 0 Å². The van der Waals surface area contributed by atoms with Crippen molar-refractivity contribution in [3.8, 4) is 6.07 Å². The van der Waals surface area contributed by atoms with Crippen LogP contribution in [-0.4, -0.2) is 23.1 Å². The molecule has 2 aromatic carbocycles. The topological polar surface area (TPSA) is 39.1 Å². The Balaban J connectivity index is 1.66. The average Bonchev–Trinajstić information content (AvgIpc) is 2.65. The van der Waals surface area contributed by atoms with E-state index in [0.29, 0.717) is 0 Å². The number of halogens is 1. The zero-order valence-corrected chi connectivity index (χ0v) is 16.5. The van der Waals surface area contributed by atoms with Crippen LogP contribution in [-0.2, 0) is 5.41 Å². The van der Waals surface area contributed by atoms with Crippen LogP contribution >= 0.6 is 28.1 Å². The second-order valence-electron chi connectivity index (χ2n) is 6.44. The van der Waals surface area contributed by atoms with Crippen LogP contribution in [0.1, 0.15) is 24.0 Å². The molecule has 5 heteroatoms. The summed E-state index contributed by atoms with van der Waals surface area (Å²) < 4.78 is 1.09. The van der Waals surface area contributed by atoms with E-state index >= 15 is 0 Å². The second-order valence-corrected chi connectivity index (χ2v) is 7.68. The van der Waals surface area contributed by atoms with E-state index in [0.717, 1.165) is 46.8 Å². The van der Waals surface area contributed by atoms with Crippen LogP contribution in [0.5, 0.6) is 0 Å². The van der Waals surface area contributed by atoms with Gasteiger partial charge in [0, 0.05) is 23.2 Å². The summed E-state index contributed by atoms with van der Waals surface area (Å²) in [6, 6.07) is 18.8. The number of rotatable bonds is 2. The van der Waals surface area contributed by atoms with Gasteiger partial charge in [-0.05, 0) is 61.3 Å². The molecule has 0 saturated carbocycles. The molecule has 1 heterocycles. The summed E-state index contributed by atoms with van der Waals surface area (Å²) in [5.41, 5.74) is 2.87. The van der Waals surface area contributed by atoms with E-state index in [-0.39, 0.29) is 0 Å². The largest absolute Gasteiger partial charge is 0.349 e. The summed E-state index contributed by atoms with van der Waals surface area (Å²) >= 11 is 9.09. The van der Waals surface area contributed by atoms with Crippen molar-refractivity contribution in [2.24, 2.45) is 0 Å². The predicted molar refractivity (Wildman–Crippen MR) is 110 cm³/mol.